The first-order valence-corrected chi connectivity index (χ1v) is 5.81. The van der Waals surface area contributed by atoms with E-state index in [9.17, 15) is 9.90 Å². The average Bonchev–Trinajstić information content (AvgIpc) is 2.35. The number of carbonyl (C=O) groups excluding carboxylic acids is 1. The molecule has 1 aromatic carbocycles. The van der Waals surface area contributed by atoms with Crippen molar-refractivity contribution in [3.05, 3.63) is 23.8 Å². The van der Waals surface area contributed by atoms with Crippen LogP contribution in [0.4, 0.5) is 0 Å². The highest BCUT2D eigenvalue weighted by Crippen LogP contribution is 2.26. The van der Waals surface area contributed by atoms with Crippen LogP contribution in [-0.4, -0.2) is 29.7 Å². The second-order valence-electron chi connectivity index (χ2n) is 3.90. The fourth-order valence-corrected chi connectivity index (χ4v) is 1.36. The normalized spacial score (nSPS) is 11.7. The molecule has 98 valence electrons. The Kier molecular flexibility index (Phi) is 4.91. The van der Waals surface area contributed by atoms with E-state index < -0.39 is 0 Å². The van der Waals surface area contributed by atoms with Gasteiger partial charge in [0.05, 0.1) is 12.1 Å². The summed E-state index contributed by atoms with van der Waals surface area (Å²) < 4.78 is 4.89. The third kappa shape index (κ3) is 3.59. The zero-order valence-electron chi connectivity index (χ0n) is 10.3. The number of amides is 1. The maximum atomic E-state index is 11.8. The van der Waals surface area contributed by atoms with Gasteiger partial charge in [-0.15, -0.1) is 0 Å². The second-order valence-corrected chi connectivity index (χ2v) is 4.37. The molecule has 4 N–H and O–H groups in total. The van der Waals surface area contributed by atoms with Gasteiger partial charge in [-0.05, 0) is 18.2 Å². The predicted molar refractivity (Wildman–Crippen MR) is 72.9 cm³/mol. The summed E-state index contributed by atoms with van der Waals surface area (Å²) in [5.74, 6) is -0.123. The van der Waals surface area contributed by atoms with E-state index in [-0.39, 0.29) is 17.6 Å². The molecule has 0 spiro atoms. The molecule has 0 bridgehead atoms. The highest BCUT2D eigenvalue weighted by molar-refractivity contribution is 7.80. The van der Waals surface area contributed by atoms with Crippen LogP contribution in [-0.2, 0) is 0 Å². The Morgan fingerprint density at radius 3 is 2.78 bits per heavy atom. The van der Waals surface area contributed by atoms with Crippen molar-refractivity contribution in [2.75, 3.05) is 13.7 Å². The number of phenols is 1. The predicted octanol–water partition coefficient (Wildman–Crippen LogP) is 1.05. The Bertz CT molecular complexity index is 463. The van der Waals surface area contributed by atoms with Gasteiger partial charge in [-0.1, -0.05) is 19.1 Å². The highest BCUT2D eigenvalue weighted by Gasteiger charge is 2.11. The van der Waals surface area contributed by atoms with Crippen molar-refractivity contribution in [1.29, 1.82) is 0 Å². The number of hydrogen-bond donors (Lipinski definition) is 3. The summed E-state index contributed by atoms with van der Waals surface area (Å²) in [6, 6.07) is 4.44. The van der Waals surface area contributed by atoms with Gasteiger partial charge in [-0.2, -0.15) is 0 Å². The van der Waals surface area contributed by atoms with E-state index >= 15 is 0 Å². The standard InChI is InChI=1S/C12H16N2O3S/c1-7(11(13)18)6-14-12(16)8-3-4-10(17-2)9(15)5-8/h3-5,7,15H,6H2,1-2H3,(H2,13,18)(H,14,16). The van der Waals surface area contributed by atoms with Gasteiger partial charge in [-0.3, -0.25) is 4.79 Å². The van der Waals surface area contributed by atoms with Crippen molar-refractivity contribution < 1.29 is 14.6 Å². The molecule has 0 heterocycles. The minimum atomic E-state index is -0.295. The third-order valence-corrected chi connectivity index (χ3v) is 2.90. The van der Waals surface area contributed by atoms with E-state index in [1.54, 1.807) is 6.07 Å². The first-order valence-electron chi connectivity index (χ1n) is 5.40. The fourth-order valence-electron chi connectivity index (χ4n) is 1.28. The topological polar surface area (TPSA) is 84.6 Å². The summed E-state index contributed by atoms with van der Waals surface area (Å²) >= 11 is 4.81. The largest absolute Gasteiger partial charge is 0.504 e. The molecular weight excluding hydrogens is 252 g/mol. The maximum absolute atomic E-state index is 11.8. The molecule has 0 aliphatic heterocycles. The molecule has 1 aromatic rings. The number of aromatic hydroxyl groups is 1. The molecule has 1 rings (SSSR count). The average molecular weight is 268 g/mol. The summed E-state index contributed by atoms with van der Waals surface area (Å²) in [6.45, 7) is 2.19. The van der Waals surface area contributed by atoms with Crippen LogP contribution >= 0.6 is 12.2 Å². The lowest BCUT2D eigenvalue weighted by Crippen LogP contribution is -2.33. The molecule has 0 saturated carbocycles. The van der Waals surface area contributed by atoms with Crippen LogP contribution in [0, 0.1) is 5.92 Å². The second kappa shape index (κ2) is 6.20. The summed E-state index contributed by atoms with van der Waals surface area (Å²) in [5.41, 5.74) is 5.80. The van der Waals surface area contributed by atoms with Gasteiger partial charge < -0.3 is 20.9 Å². The first kappa shape index (κ1) is 14.2. The van der Waals surface area contributed by atoms with Crippen molar-refractivity contribution >= 4 is 23.1 Å². The molecule has 0 aliphatic rings. The molecule has 0 aliphatic carbocycles. The molecule has 0 aromatic heterocycles. The lowest BCUT2D eigenvalue weighted by atomic mass is 10.1. The van der Waals surface area contributed by atoms with Gasteiger partial charge in [0.25, 0.3) is 5.91 Å². The minimum absolute atomic E-state index is 0.0733. The van der Waals surface area contributed by atoms with Gasteiger partial charge in [-0.25, -0.2) is 0 Å². The Labute approximate surface area is 111 Å². The Morgan fingerprint density at radius 2 is 2.28 bits per heavy atom. The number of ether oxygens (including phenoxy) is 1. The molecule has 6 heteroatoms. The van der Waals surface area contributed by atoms with E-state index in [0.717, 1.165) is 0 Å². The number of methoxy groups -OCH3 is 1. The van der Waals surface area contributed by atoms with Crippen LogP contribution in [0.1, 0.15) is 17.3 Å². The van der Waals surface area contributed by atoms with Gasteiger partial charge in [0.2, 0.25) is 0 Å². The van der Waals surface area contributed by atoms with E-state index in [1.807, 2.05) is 6.92 Å². The Hall–Kier alpha value is -1.82. The summed E-state index contributed by atoms with van der Waals surface area (Å²) in [4.78, 5) is 12.1. The van der Waals surface area contributed by atoms with Crippen LogP contribution < -0.4 is 15.8 Å². The van der Waals surface area contributed by atoms with Crippen molar-refractivity contribution in [2.24, 2.45) is 11.7 Å². The zero-order valence-corrected chi connectivity index (χ0v) is 11.1. The van der Waals surface area contributed by atoms with Crippen molar-refractivity contribution in [3.8, 4) is 11.5 Å². The number of benzene rings is 1. The third-order valence-electron chi connectivity index (χ3n) is 2.50. The highest BCUT2D eigenvalue weighted by atomic mass is 32.1. The van der Waals surface area contributed by atoms with Crippen LogP contribution in [0.15, 0.2) is 18.2 Å². The van der Waals surface area contributed by atoms with Crippen LogP contribution in [0.2, 0.25) is 0 Å². The molecule has 5 nitrogen and oxygen atoms in total. The molecule has 0 radical (unpaired) electrons. The molecule has 0 saturated heterocycles. The quantitative estimate of drug-likeness (QED) is 0.695. The van der Waals surface area contributed by atoms with Crippen molar-refractivity contribution in [2.45, 2.75) is 6.92 Å². The molecular formula is C12H16N2O3S. The van der Waals surface area contributed by atoms with E-state index in [0.29, 0.717) is 22.8 Å². The number of phenolic OH excluding ortho intramolecular Hbond substituents is 1. The summed E-state index contributed by atoms with van der Waals surface area (Å²) in [5, 5.41) is 12.2. The Balaban J connectivity index is 2.67. The first-order chi connectivity index (χ1) is 8.45. The number of hydrogen-bond acceptors (Lipinski definition) is 4. The number of nitrogens with two attached hydrogens (primary N) is 1. The number of thiocarbonyl (C=S) groups is 1. The van der Waals surface area contributed by atoms with Gasteiger partial charge >= 0.3 is 0 Å². The SMILES string of the molecule is COc1ccc(C(=O)NCC(C)C(N)=S)cc1O. The summed E-state index contributed by atoms with van der Waals surface area (Å²) in [7, 11) is 1.44. The monoisotopic (exact) mass is 268 g/mol. The van der Waals surface area contributed by atoms with Crippen LogP contribution in [0.3, 0.4) is 0 Å². The lowest BCUT2D eigenvalue weighted by Gasteiger charge is -2.11. The number of nitrogens with one attached hydrogen (secondary N) is 1. The smallest absolute Gasteiger partial charge is 0.251 e. The lowest BCUT2D eigenvalue weighted by molar-refractivity contribution is 0.0951. The Morgan fingerprint density at radius 1 is 1.61 bits per heavy atom. The molecule has 1 amide bonds. The number of carbonyl (C=O) groups is 1. The zero-order chi connectivity index (χ0) is 13.7. The van der Waals surface area contributed by atoms with Crippen molar-refractivity contribution in [1.82, 2.24) is 5.32 Å². The number of rotatable bonds is 5. The van der Waals surface area contributed by atoms with Gasteiger partial charge in [0, 0.05) is 18.0 Å². The van der Waals surface area contributed by atoms with Gasteiger partial charge in [0.15, 0.2) is 11.5 Å². The minimum Gasteiger partial charge on any atom is -0.504 e. The fraction of sp³-hybridized carbons (Fsp3) is 0.333. The van der Waals surface area contributed by atoms with E-state index in [2.05, 4.69) is 5.32 Å². The van der Waals surface area contributed by atoms with Crippen molar-refractivity contribution in [3.63, 3.8) is 0 Å². The van der Waals surface area contributed by atoms with Crippen LogP contribution in [0.25, 0.3) is 0 Å². The molecule has 18 heavy (non-hydrogen) atoms. The molecule has 1 unspecified atom stereocenters. The van der Waals surface area contributed by atoms with E-state index in [4.69, 9.17) is 22.7 Å². The van der Waals surface area contributed by atoms with Gasteiger partial charge in [0.1, 0.15) is 0 Å². The maximum Gasteiger partial charge on any atom is 0.251 e. The molecule has 1 atom stereocenters. The molecule has 0 fully saturated rings. The summed E-state index contributed by atoms with van der Waals surface area (Å²) in [6.07, 6.45) is 0. The van der Waals surface area contributed by atoms with Crippen LogP contribution in [0.5, 0.6) is 11.5 Å². The van der Waals surface area contributed by atoms with E-state index in [1.165, 1.54) is 19.2 Å².